The van der Waals surface area contributed by atoms with Gasteiger partial charge in [-0.2, -0.15) is 11.8 Å². The van der Waals surface area contributed by atoms with E-state index in [2.05, 4.69) is 90.4 Å². The topological polar surface area (TPSA) is 91.3 Å². The van der Waals surface area contributed by atoms with Crippen LogP contribution in [0.5, 0.6) is 0 Å². The van der Waals surface area contributed by atoms with Crippen LogP contribution in [0.1, 0.15) is 12.5 Å². The second-order valence-electron chi connectivity index (χ2n) is 6.55. The SMILES string of the molecule is C=O.CCSC.CNCC(=O)O.CNc1ccc(C)c(-c2ccccc2)c1.S=CSc1cccnc1. The Bertz CT molecular complexity index is 945. The minimum absolute atomic E-state index is 0.0417. The van der Waals surface area contributed by atoms with Crippen molar-refractivity contribution in [3.8, 4) is 11.1 Å². The Morgan fingerprint density at radius 2 is 1.75 bits per heavy atom. The number of thioether (sulfide) groups is 2. The van der Waals surface area contributed by atoms with E-state index in [9.17, 15) is 4.79 Å². The number of anilines is 1. The van der Waals surface area contributed by atoms with Crippen LogP contribution in [0.25, 0.3) is 11.1 Å². The highest BCUT2D eigenvalue weighted by atomic mass is 32.2. The van der Waals surface area contributed by atoms with Gasteiger partial charge in [0.05, 0.1) is 6.54 Å². The highest BCUT2D eigenvalue weighted by molar-refractivity contribution is 8.20. The van der Waals surface area contributed by atoms with Crippen molar-refractivity contribution < 1.29 is 14.7 Å². The number of aryl methyl sites for hydroxylation is 1. The maximum absolute atomic E-state index is 9.54. The fourth-order valence-electron chi connectivity index (χ4n) is 2.33. The van der Waals surface area contributed by atoms with Crippen molar-refractivity contribution in [1.82, 2.24) is 10.3 Å². The van der Waals surface area contributed by atoms with Gasteiger partial charge in [0.2, 0.25) is 0 Å². The van der Waals surface area contributed by atoms with Crippen LogP contribution < -0.4 is 10.6 Å². The van der Waals surface area contributed by atoms with E-state index in [0.29, 0.717) is 0 Å². The average Bonchev–Trinajstić information content (AvgIpc) is 2.92. The van der Waals surface area contributed by atoms with Crippen molar-refractivity contribution >= 4 is 58.9 Å². The van der Waals surface area contributed by atoms with Gasteiger partial charge >= 0.3 is 5.97 Å². The lowest BCUT2D eigenvalue weighted by molar-refractivity contribution is -0.135. The molecular weight excluding hydrogens is 511 g/mol. The quantitative estimate of drug-likeness (QED) is 0.232. The lowest BCUT2D eigenvalue weighted by Crippen LogP contribution is -2.16. The van der Waals surface area contributed by atoms with Crippen LogP contribution in [0.15, 0.2) is 78.0 Å². The molecule has 9 heteroatoms. The molecule has 2 aromatic carbocycles. The number of carboxylic acid groups (broad SMARTS) is 1. The highest BCUT2D eigenvalue weighted by Gasteiger charge is 2.01. The van der Waals surface area contributed by atoms with Crippen LogP contribution in [-0.2, 0) is 9.59 Å². The molecule has 0 fully saturated rings. The molecule has 36 heavy (non-hydrogen) atoms. The van der Waals surface area contributed by atoms with Crippen molar-refractivity contribution in [3.05, 3.63) is 78.6 Å². The summed E-state index contributed by atoms with van der Waals surface area (Å²) in [5.41, 5.74) is 5.02. The molecule has 1 aromatic heterocycles. The molecule has 0 radical (unpaired) electrons. The largest absolute Gasteiger partial charge is 0.480 e. The van der Waals surface area contributed by atoms with Crippen LogP contribution in [0.2, 0.25) is 0 Å². The Morgan fingerprint density at radius 1 is 1.11 bits per heavy atom. The van der Waals surface area contributed by atoms with E-state index in [0.717, 1.165) is 10.6 Å². The van der Waals surface area contributed by atoms with Gasteiger partial charge in [0.25, 0.3) is 0 Å². The van der Waals surface area contributed by atoms with E-state index in [1.54, 1.807) is 24.1 Å². The van der Waals surface area contributed by atoms with Crippen molar-refractivity contribution in [2.24, 2.45) is 0 Å². The molecule has 0 aliphatic heterocycles. The van der Waals surface area contributed by atoms with Crippen LogP contribution in [0.3, 0.4) is 0 Å². The number of aliphatic carboxylic acids is 1. The molecule has 3 aromatic rings. The summed E-state index contributed by atoms with van der Waals surface area (Å²) in [7, 11) is 3.54. The molecule has 0 atom stereocenters. The third-order valence-electron chi connectivity index (χ3n) is 4.05. The third-order valence-corrected chi connectivity index (χ3v) is 5.52. The number of nitrogens with one attached hydrogen (secondary N) is 2. The van der Waals surface area contributed by atoms with E-state index in [-0.39, 0.29) is 6.54 Å². The summed E-state index contributed by atoms with van der Waals surface area (Å²) in [6.45, 7) is 6.33. The molecule has 0 saturated carbocycles. The summed E-state index contributed by atoms with van der Waals surface area (Å²) in [6.07, 6.45) is 5.63. The molecule has 3 rings (SSSR count). The summed E-state index contributed by atoms with van der Waals surface area (Å²) in [5, 5.41) is 13.5. The van der Waals surface area contributed by atoms with Gasteiger partial charge in [-0.1, -0.05) is 67.3 Å². The van der Waals surface area contributed by atoms with Crippen LogP contribution in [-0.4, -0.2) is 60.2 Å². The van der Waals surface area contributed by atoms with Gasteiger partial charge in [-0.3, -0.25) is 9.78 Å². The van der Waals surface area contributed by atoms with E-state index in [1.165, 1.54) is 34.2 Å². The first kappa shape index (κ1) is 35.4. The number of hydrogen-bond acceptors (Lipinski definition) is 8. The molecule has 196 valence electrons. The molecular formula is C27H37N3O3S3. The Morgan fingerprint density at radius 3 is 2.17 bits per heavy atom. The molecule has 0 amide bonds. The Hall–Kier alpha value is -2.72. The Labute approximate surface area is 229 Å². The number of aromatic nitrogens is 1. The highest BCUT2D eigenvalue weighted by Crippen LogP contribution is 2.26. The molecule has 0 aliphatic carbocycles. The first-order valence-corrected chi connectivity index (χ1v) is 13.7. The first-order chi connectivity index (χ1) is 17.4. The van der Waals surface area contributed by atoms with Crippen LogP contribution in [0, 0.1) is 6.92 Å². The van der Waals surface area contributed by atoms with Crippen LogP contribution in [0.4, 0.5) is 5.69 Å². The van der Waals surface area contributed by atoms with E-state index < -0.39 is 5.97 Å². The van der Waals surface area contributed by atoms with Crippen molar-refractivity contribution in [2.75, 3.05) is 38.0 Å². The number of hydrogen-bond donors (Lipinski definition) is 3. The lowest BCUT2D eigenvalue weighted by Gasteiger charge is -2.08. The zero-order valence-corrected chi connectivity index (χ0v) is 24.0. The molecule has 3 N–H and O–H groups in total. The van der Waals surface area contributed by atoms with Crippen molar-refractivity contribution in [1.29, 1.82) is 0 Å². The summed E-state index contributed by atoms with van der Waals surface area (Å²) >= 11 is 8.00. The zero-order chi connectivity index (χ0) is 27.6. The molecule has 1 heterocycles. The summed E-state index contributed by atoms with van der Waals surface area (Å²) < 4.78 is 1.62. The smallest absolute Gasteiger partial charge is 0.317 e. The Kier molecular flexibility index (Phi) is 25.0. The normalized spacial score (nSPS) is 8.69. The minimum atomic E-state index is -0.822. The predicted octanol–water partition coefficient (Wildman–Crippen LogP) is 6.31. The summed E-state index contributed by atoms with van der Waals surface area (Å²) in [6, 6.07) is 20.8. The first-order valence-electron chi connectivity index (χ1n) is 10.9. The van der Waals surface area contributed by atoms with E-state index >= 15 is 0 Å². The summed E-state index contributed by atoms with van der Waals surface area (Å²) in [5.74, 6) is 0.414. The molecule has 0 unspecified atom stereocenters. The number of carboxylic acids is 1. The van der Waals surface area contributed by atoms with Crippen molar-refractivity contribution in [3.63, 3.8) is 0 Å². The second kappa shape index (κ2) is 25.4. The zero-order valence-electron chi connectivity index (χ0n) is 21.6. The third kappa shape index (κ3) is 18.6. The van der Waals surface area contributed by atoms with Gasteiger partial charge in [0.1, 0.15) is 6.79 Å². The number of benzene rings is 2. The average molecular weight is 548 g/mol. The van der Waals surface area contributed by atoms with E-state index in [1.807, 2.05) is 43.8 Å². The van der Waals surface area contributed by atoms with Gasteiger partial charge in [0, 0.05) is 34.7 Å². The minimum Gasteiger partial charge on any atom is -0.480 e. The molecule has 0 aliphatic rings. The molecule has 0 bridgehead atoms. The number of carbonyl (C=O) groups excluding carboxylic acids is 1. The van der Waals surface area contributed by atoms with Gasteiger partial charge in [0.15, 0.2) is 0 Å². The molecule has 6 nitrogen and oxygen atoms in total. The Balaban J connectivity index is 0. The number of pyridine rings is 1. The number of thiocarbonyl (C=S) groups is 1. The van der Waals surface area contributed by atoms with Gasteiger partial charge in [-0.15, -0.1) is 0 Å². The fourth-order valence-corrected chi connectivity index (χ4v) is 3.05. The number of carbonyl (C=O) groups is 2. The van der Waals surface area contributed by atoms with Gasteiger partial charge in [-0.05, 0) is 66.9 Å². The second-order valence-corrected chi connectivity index (χ2v) is 9.18. The lowest BCUT2D eigenvalue weighted by atomic mass is 10.00. The van der Waals surface area contributed by atoms with E-state index in [4.69, 9.17) is 9.90 Å². The standard InChI is InChI=1S/C14H15N.C6H5NS2.C3H7NO2.C3H8S.CH2O/c1-11-8-9-13(15-2)10-14(11)12-6-4-3-5-7-12;8-5-9-6-2-1-3-7-4-6;1-4-2-3(5)6;1-3-4-2;1-2/h3-10,15H,1-2H3;1-5H;4H,2H2,1H3,(H,5,6);3H2,1-2H3;1H2. The monoisotopic (exact) mass is 547 g/mol. The summed E-state index contributed by atoms with van der Waals surface area (Å²) in [4.78, 5) is 22.5. The van der Waals surface area contributed by atoms with Crippen LogP contribution >= 0.6 is 35.7 Å². The fraction of sp³-hybridized carbons (Fsp3) is 0.259. The van der Waals surface area contributed by atoms with Gasteiger partial charge in [-0.25, -0.2) is 0 Å². The maximum Gasteiger partial charge on any atom is 0.317 e. The predicted molar refractivity (Wildman–Crippen MR) is 163 cm³/mol. The number of rotatable bonds is 7. The maximum atomic E-state index is 9.54. The van der Waals surface area contributed by atoms with Gasteiger partial charge < -0.3 is 20.5 Å². The number of nitrogens with zero attached hydrogens (tertiary/aromatic N) is 1. The molecule has 0 spiro atoms. The number of likely N-dealkylation sites (N-methyl/N-ethyl adjacent to an activating group) is 1. The van der Waals surface area contributed by atoms with Crippen molar-refractivity contribution in [2.45, 2.75) is 18.7 Å². The molecule has 0 saturated heterocycles.